The van der Waals surface area contributed by atoms with Gasteiger partial charge in [0.05, 0.1) is 17.1 Å². The van der Waals surface area contributed by atoms with E-state index in [1.54, 1.807) is 26.0 Å². The minimum absolute atomic E-state index is 0. The number of halogens is 1. The van der Waals surface area contributed by atoms with Crippen LogP contribution in [0, 0.1) is 19.3 Å². The summed E-state index contributed by atoms with van der Waals surface area (Å²) < 4.78 is 32.6. The topological polar surface area (TPSA) is 99.3 Å². The third-order valence-corrected chi connectivity index (χ3v) is 6.06. The van der Waals surface area contributed by atoms with Crippen LogP contribution in [0.15, 0.2) is 57.9 Å². The molecule has 146 valence electrons. The van der Waals surface area contributed by atoms with E-state index in [9.17, 15) is 8.42 Å². The molecule has 0 aliphatic carbocycles. The molecule has 3 aromatic rings. The summed E-state index contributed by atoms with van der Waals surface area (Å²) in [7, 11) is -3.79. The van der Waals surface area contributed by atoms with E-state index in [1.807, 2.05) is 29.2 Å². The summed E-state index contributed by atoms with van der Waals surface area (Å²) in [6, 6.07) is 14.2. The molecule has 0 saturated heterocycles. The van der Waals surface area contributed by atoms with Crippen LogP contribution in [0.1, 0.15) is 22.4 Å². The maximum Gasteiger partial charge on any atom is 0.264 e. The average Bonchev–Trinajstić information content (AvgIpc) is 3.16. The van der Waals surface area contributed by atoms with Crippen molar-refractivity contribution in [2.45, 2.75) is 25.3 Å². The summed E-state index contributed by atoms with van der Waals surface area (Å²) in [5, 5.41) is 12.1. The quantitative estimate of drug-likeness (QED) is 0.609. The largest absolute Gasteiger partial charge is 0.337 e. The molecular weight excluding hydrogens is 444 g/mol. The van der Waals surface area contributed by atoms with Crippen molar-refractivity contribution in [1.82, 2.24) is 5.16 Å². The lowest BCUT2D eigenvalue weighted by atomic mass is 10.1. The molecule has 0 atom stereocenters. The van der Waals surface area contributed by atoms with Gasteiger partial charge in [0.25, 0.3) is 10.0 Å². The molecule has 0 fully saturated rings. The second-order valence-corrected chi connectivity index (χ2v) is 8.10. The summed E-state index contributed by atoms with van der Waals surface area (Å²) in [4.78, 5) is 1.96. The standard InChI is InChI=1S/C19H18N4O3S.BrH/c1-12-13(2)21-26-19(12)22-27(24,25)16-9-7-15(8-10-16)23-11-14-5-3-4-6-17(14)18(23)20;/h3-10,20,22H,11H2,1-2H3;1H. The Labute approximate surface area is 173 Å². The van der Waals surface area contributed by atoms with Crippen LogP contribution in [-0.2, 0) is 16.6 Å². The van der Waals surface area contributed by atoms with Crippen molar-refractivity contribution in [2.24, 2.45) is 0 Å². The van der Waals surface area contributed by atoms with Crippen LogP contribution >= 0.6 is 17.0 Å². The minimum atomic E-state index is -3.79. The highest BCUT2D eigenvalue weighted by atomic mass is 79.9. The van der Waals surface area contributed by atoms with E-state index >= 15 is 0 Å². The maximum atomic E-state index is 12.6. The highest BCUT2D eigenvalue weighted by Gasteiger charge is 2.25. The fourth-order valence-electron chi connectivity index (χ4n) is 3.00. The van der Waals surface area contributed by atoms with Crippen molar-refractivity contribution in [3.63, 3.8) is 0 Å². The first-order valence-corrected chi connectivity index (χ1v) is 9.85. The van der Waals surface area contributed by atoms with E-state index in [4.69, 9.17) is 9.93 Å². The molecule has 0 radical (unpaired) electrons. The second kappa shape index (κ2) is 7.40. The second-order valence-electron chi connectivity index (χ2n) is 6.41. The Morgan fingerprint density at radius 3 is 2.39 bits per heavy atom. The number of fused-ring (bicyclic) bond motifs is 1. The number of hydrogen-bond donors (Lipinski definition) is 2. The number of nitrogens with zero attached hydrogens (tertiary/aromatic N) is 2. The third kappa shape index (κ3) is 3.43. The van der Waals surface area contributed by atoms with Crippen LogP contribution in [0.25, 0.3) is 0 Å². The first-order valence-electron chi connectivity index (χ1n) is 8.37. The molecular formula is C19H19BrN4O3S. The molecule has 2 aromatic carbocycles. The molecule has 0 unspecified atom stereocenters. The number of aryl methyl sites for hydroxylation is 1. The smallest absolute Gasteiger partial charge is 0.264 e. The van der Waals surface area contributed by atoms with Crippen molar-refractivity contribution >= 4 is 44.4 Å². The third-order valence-electron chi connectivity index (χ3n) is 4.71. The van der Waals surface area contributed by atoms with Crippen LogP contribution in [0.4, 0.5) is 11.6 Å². The summed E-state index contributed by atoms with van der Waals surface area (Å²) in [6.07, 6.45) is 0. The molecule has 0 bridgehead atoms. The SMILES string of the molecule is Br.Cc1noc(NS(=O)(=O)c2ccc(N3Cc4ccccc4C3=N)cc2)c1C. The van der Waals surface area contributed by atoms with E-state index < -0.39 is 10.0 Å². The van der Waals surface area contributed by atoms with Crippen molar-refractivity contribution in [3.05, 3.63) is 70.9 Å². The molecule has 2 N–H and O–H groups in total. The van der Waals surface area contributed by atoms with Crippen LogP contribution in [-0.4, -0.2) is 19.4 Å². The fourth-order valence-corrected chi connectivity index (χ4v) is 4.05. The van der Waals surface area contributed by atoms with Gasteiger partial charge in [-0.2, -0.15) is 0 Å². The summed E-state index contributed by atoms with van der Waals surface area (Å²) in [5.41, 5.74) is 4.03. The highest BCUT2D eigenvalue weighted by Crippen LogP contribution is 2.29. The first kappa shape index (κ1) is 20.1. The number of benzene rings is 2. The van der Waals surface area contributed by atoms with Crippen LogP contribution < -0.4 is 9.62 Å². The Balaban J connectivity index is 0.00000225. The van der Waals surface area contributed by atoms with Crippen LogP contribution in [0.2, 0.25) is 0 Å². The molecule has 0 spiro atoms. The number of nitrogens with one attached hydrogen (secondary N) is 2. The Morgan fingerprint density at radius 2 is 1.79 bits per heavy atom. The normalized spacial score (nSPS) is 13.2. The lowest BCUT2D eigenvalue weighted by Gasteiger charge is -2.18. The number of aromatic nitrogens is 1. The van der Waals surface area contributed by atoms with Gasteiger partial charge < -0.3 is 9.42 Å². The molecule has 0 amide bonds. The molecule has 7 nitrogen and oxygen atoms in total. The Hall–Kier alpha value is -2.65. The fraction of sp³-hybridized carbons (Fsp3) is 0.158. The number of hydrogen-bond acceptors (Lipinski definition) is 5. The number of amidine groups is 1. The number of sulfonamides is 1. The van der Waals surface area contributed by atoms with E-state index in [-0.39, 0.29) is 27.8 Å². The molecule has 9 heteroatoms. The van der Waals surface area contributed by atoms with Gasteiger partial charge in [-0.3, -0.25) is 5.41 Å². The van der Waals surface area contributed by atoms with Gasteiger partial charge in [0.1, 0.15) is 5.84 Å². The first-order chi connectivity index (χ1) is 12.9. The zero-order chi connectivity index (χ0) is 19.2. The number of anilines is 2. The molecule has 1 aliphatic heterocycles. The summed E-state index contributed by atoms with van der Waals surface area (Å²) >= 11 is 0. The van der Waals surface area contributed by atoms with Crippen molar-refractivity contribution in [1.29, 1.82) is 5.41 Å². The highest BCUT2D eigenvalue weighted by molar-refractivity contribution is 8.93. The summed E-state index contributed by atoms with van der Waals surface area (Å²) in [5.74, 6) is 0.528. The van der Waals surface area contributed by atoms with E-state index in [1.165, 1.54) is 12.1 Å². The van der Waals surface area contributed by atoms with E-state index in [0.29, 0.717) is 23.6 Å². The molecule has 4 rings (SSSR count). The Kier molecular flexibility index (Phi) is 5.31. The van der Waals surface area contributed by atoms with E-state index in [2.05, 4.69) is 9.88 Å². The lowest BCUT2D eigenvalue weighted by molar-refractivity contribution is 0.430. The number of rotatable bonds is 4. The van der Waals surface area contributed by atoms with Crippen molar-refractivity contribution < 1.29 is 12.9 Å². The summed E-state index contributed by atoms with van der Waals surface area (Å²) in [6.45, 7) is 4.08. The lowest BCUT2D eigenvalue weighted by Crippen LogP contribution is -2.23. The molecule has 1 aliphatic rings. The Bertz CT molecular complexity index is 1140. The monoisotopic (exact) mass is 462 g/mol. The van der Waals surface area contributed by atoms with Crippen molar-refractivity contribution in [2.75, 3.05) is 9.62 Å². The predicted molar refractivity (Wildman–Crippen MR) is 113 cm³/mol. The zero-order valence-corrected chi connectivity index (χ0v) is 17.8. The maximum absolute atomic E-state index is 12.6. The van der Waals surface area contributed by atoms with E-state index in [0.717, 1.165) is 16.8 Å². The molecule has 2 heterocycles. The van der Waals surface area contributed by atoms with Gasteiger partial charge in [-0.15, -0.1) is 17.0 Å². The van der Waals surface area contributed by atoms with Gasteiger partial charge >= 0.3 is 0 Å². The average molecular weight is 463 g/mol. The van der Waals surface area contributed by atoms with Gasteiger partial charge in [0, 0.05) is 16.8 Å². The Morgan fingerprint density at radius 1 is 1.11 bits per heavy atom. The minimum Gasteiger partial charge on any atom is -0.337 e. The van der Waals surface area contributed by atoms with Gasteiger partial charge in [0.2, 0.25) is 5.88 Å². The van der Waals surface area contributed by atoms with Gasteiger partial charge in [-0.05, 0) is 43.7 Å². The molecule has 1 aromatic heterocycles. The van der Waals surface area contributed by atoms with Gasteiger partial charge in [-0.1, -0.05) is 29.4 Å². The van der Waals surface area contributed by atoms with Crippen LogP contribution in [0.5, 0.6) is 0 Å². The van der Waals surface area contributed by atoms with Crippen LogP contribution in [0.3, 0.4) is 0 Å². The molecule has 28 heavy (non-hydrogen) atoms. The predicted octanol–water partition coefficient (Wildman–Crippen LogP) is 4.02. The van der Waals surface area contributed by atoms with Crippen molar-refractivity contribution in [3.8, 4) is 0 Å². The molecule has 0 saturated carbocycles. The van der Waals surface area contributed by atoms with Gasteiger partial charge in [-0.25, -0.2) is 13.1 Å². The van der Waals surface area contributed by atoms with Gasteiger partial charge in [0.15, 0.2) is 0 Å². The zero-order valence-electron chi connectivity index (χ0n) is 15.3.